The van der Waals surface area contributed by atoms with Gasteiger partial charge in [-0.3, -0.25) is 0 Å². The lowest BCUT2D eigenvalue weighted by Crippen LogP contribution is -2.07. The first-order chi connectivity index (χ1) is 18.8. The number of thiophene rings is 1. The molecule has 0 unspecified atom stereocenters. The molecule has 1 nitrogen and oxygen atoms in total. The van der Waals surface area contributed by atoms with E-state index in [0.717, 1.165) is 6.42 Å². The molecule has 1 aliphatic carbocycles. The van der Waals surface area contributed by atoms with E-state index in [9.17, 15) is 0 Å². The van der Waals surface area contributed by atoms with Gasteiger partial charge in [0.1, 0.15) is 0 Å². The molecule has 2 heterocycles. The summed E-state index contributed by atoms with van der Waals surface area (Å²) in [5.74, 6) is 0. The van der Waals surface area contributed by atoms with Crippen molar-refractivity contribution in [3.63, 3.8) is 0 Å². The summed E-state index contributed by atoms with van der Waals surface area (Å²) >= 11 is 1.89. The van der Waals surface area contributed by atoms with E-state index in [4.69, 9.17) is 0 Å². The summed E-state index contributed by atoms with van der Waals surface area (Å²) < 4.78 is 5.24. The van der Waals surface area contributed by atoms with Crippen LogP contribution < -0.4 is 0 Å². The molecule has 0 bridgehead atoms. The van der Waals surface area contributed by atoms with Gasteiger partial charge in [-0.2, -0.15) is 0 Å². The van der Waals surface area contributed by atoms with Gasteiger partial charge in [-0.25, -0.2) is 0 Å². The summed E-state index contributed by atoms with van der Waals surface area (Å²) in [6.07, 6.45) is 4.89. The molecule has 8 rings (SSSR count). The SMILES string of the molecule is c1ccc(-c2ccc3c(c2)sc2ccc(-c4ccccc4-n4c5c(c6ccccc64)CCCC5)cc23)cc1. The Bertz CT molecular complexity index is 1970. The summed E-state index contributed by atoms with van der Waals surface area (Å²) in [6, 6.07) is 42.6. The Hall–Kier alpha value is -4.14. The average Bonchev–Trinajstić information content (AvgIpc) is 3.52. The van der Waals surface area contributed by atoms with Crippen LogP contribution in [0.1, 0.15) is 24.1 Å². The molecule has 0 radical (unpaired) electrons. The van der Waals surface area contributed by atoms with Crippen molar-refractivity contribution in [1.29, 1.82) is 0 Å². The maximum Gasteiger partial charge on any atom is 0.0537 e. The Morgan fingerprint density at radius 1 is 0.526 bits per heavy atom. The van der Waals surface area contributed by atoms with Crippen molar-refractivity contribution >= 4 is 42.4 Å². The quantitative estimate of drug-likeness (QED) is 0.225. The standard InChI is InChI=1S/C36H27NS/c1-2-10-24(11-3-1)25-18-20-30-31-22-26(19-21-35(31)38-36(30)23-25)27-12-4-7-15-32(27)37-33-16-8-5-13-28(33)29-14-6-9-17-34(29)37/h1-5,7-8,10-13,15-16,18-23H,6,9,14,17H2. The molecule has 2 aromatic heterocycles. The van der Waals surface area contributed by atoms with Crippen LogP contribution >= 0.6 is 11.3 Å². The molecule has 0 saturated heterocycles. The summed E-state index contributed by atoms with van der Waals surface area (Å²) in [4.78, 5) is 0. The predicted molar refractivity (Wildman–Crippen MR) is 164 cm³/mol. The molecule has 2 heteroatoms. The number of aryl methyl sites for hydroxylation is 1. The molecule has 0 fully saturated rings. The normalized spacial score (nSPS) is 13.4. The molecular weight excluding hydrogens is 478 g/mol. The Morgan fingerprint density at radius 2 is 1.32 bits per heavy atom. The van der Waals surface area contributed by atoms with Crippen molar-refractivity contribution < 1.29 is 0 Å². The molecule has 5 aromatic carbocycles. The maximum atomic E-state index is 2.56. The van der Waals surface area contributed by atoms with E-state index in [0.29, 0.717) is 0 Å². The van der Waals surface area contributed by atoms with Crippen molar-refractivity contribution in [1.82, 2.24) is 4.57 Å². The molecule has 182 valence electrons. The van der Waals surface area contributed by atoms with E-state index in [1.54, 1.807) is 5.56 Å². The van der Waals surface area contributed by atoms with Gasteiger partial charge in [-0.1, -0.05) is 84.9 Å². The van der Waals surface area contributed by atoms with E-state index < -0.39 is 0 Å². The van der Waals surface area contributed by atoms with Gasteiger partial charge in [0.25, 0.3) is 0 Å². The topological polar surface area (TPSA) is 4.93 Å². The first-order valence-electron chi connectivity index (χ1n) is 13.6. The lowest BCUT2D eigenvalue weighted by atomic mass is 9.95. The minimum atomic E-state index is 1.15. The average molecular weight is 506 g/mol. The number of para-hydroxylation sites is 2. The molecule has 0 aliphatic heterocycles. The van der Waals surface area contributed by atoms with Crippen LogP contribution in [0.15, 0.2) is 115 Å². The van der Waals surface area contributed by atoms with Gasteiger partial charge in [-0.15, -0.1) is 11.3 Å². The van der Waals surface area contributed by atoms with Gasteiger partial charge in [0.05, 0.1) is 11.2 Å². The highest BCUT2D eigenvalue weighted by Crippen LogP contribution is 2.41. The minimum Gasteiger partial charge on any atom is -0.313 e. The summed E-state index contributed by atoms with van der Waals surface area (Å²) in [5.41, 5.74) is 10.8. The van der Waals surface area contributed by atoms with Crippen LogP contribution in [0.4, 0.5) is 0 Å². The Labute approximate surface area is 226 Å². The smallest absolute Gasteiger partial charge is 0.0537 e. The second-order valence-electron chi connectivity index (χ2n) is 10.4. The highest BCUT2D eigenvalue weighted by Gasteiger charge is 2.22. The van der Waals surface area contributed by atoms with E-state index in [2.05, 4.69) is 120 Å². The first kappa shape index (κ1) is 21.9. The van der Waals surface area contributed by atoms with Crippen LogP contribution in [-0.2, 0) is 12.8 Å². The second-order valence-corrected chi connectivity index (χ2v) is 11.5. The lowest BCUT2D eigenvalue weighted by molar-refractivity contribution is 0.667. The van der Waals surface area contributed by atoms with Crippen LogP contribution in [0.25, 0.3) is 59.0 Å². The zero-order chi connectivity index (χ0) is 25.1. The predicted octanol–water partition coefficient (Wildman–Crippen LogP) is 10.2. The van der Waals surface area contributed by atoms with Crippen LogP contribution in [0.2, 0.25) is 0 Å². The molecular formula is C36H27NS. The summed E-state index contributed by atoms with van der Waals surface area (Å²) in [7, 11) is 0. The first-order valence-corrected chi connectivity index (χ1v) is 14.4. The van der Waals surface area contributed by atoms with Crippen molar-refractivity contribution in [2.75, 3.05) is 0 Å². The number of nitrogens with zero attached hydrogens (tertiary/aromatic N) is 1. The number of fused-ring (bicyclic) bond motifs is 6. The summed E-state index contributed by atoms with van der Waals surface area (Å²) in [6.45, 7) is 0. The Kier molecular flexibility index (Phi) is 5.02. The van der Waals surface area contributed by atoms with Crippen LogP contribution in [0.5, 0.6) is 0 Å². The zero-order valence-electron chi connectivity index (χ0n) is 21.2. The molecule has 0 N–H and O–H groups in total. The zero-order valence-corrected chi connectivity index (χ0v) is 22.0. The lowest BCUT2D eigenvalue weighted by Gasteiger charge is -2.19. The van der Waals surface area contributed by atoms with Gasteiger partial charge in [0.15, 0.2) is 0 Å². The van der Waals surface area contributed by atoms with E-state index in [1.165, 1.54) is 84.0 Å². The van der Waals surface area contributed by atoms with Gasteiger partial charge in [0, 0.05) is 36.8 Å². The molecule has 7 aromatic rings. The van der Waals surface area contributed by atoms with Gasteiger partial charge < -0.3 is 4.57 Å². The fourth-order valence-corrected chi connectivity index (χ4v) is 7.56. The third-order valence-corrected chi connectivity index (χ3v) is 9.35. The van der Waals surface area contributed by atoms with Crippen LogP contribution in [-0.4, -0.2) is 4.57 Å². The minimum absolute atomic E-state index is 1.15. The van der Waals surface area contributed by atoms with Crippen molar-refractivity contribution in [2.24, 2.45) is 0 Å². The molecule has 0 saturated carbocycles. The van der Waals surface area contributed by atoms with E-state index in [-0.39, 0.29) is 0 Å². The van der Waals surface area contributed by atoms with Gasteiger partial charge in [0.2, 0.25) is 0 Å². The van der Waals surface area contributed by atoms with Crippen LogP contribution in [0, 0.1) is 0 Å². The van der Waals surface area contributed by atoms with E-state index >= 15 is 0 Å². The van der Waals surface area contributed by atoms with Crippen molar-refractivity contribution in [3.05, 3.63) is 127 Å². The molecule has 1 aliphatic rings. The molecule has 0 amide bonds. The monoisotopic (exact) mass is 505 g/mol. The highest BCUT2D eigenvalue weighted by atomic mass is 32.1. The van der Waals surface area contributed by atoms with Crippen molar-refractivity contribution in [3.8, 4) is 27.9 Å². The third kappa shape index (κ3) is 3.37. The Morgan fingerprint density at radius 3 is 2.26 bits per heavy atom. The number of aromatic nitrogens is 1. The summed E-state index contributed by atoms with van der Waals surface area (Å²) in [5, 5.41) is 4.11. The fraction of sp³-hybridized carbons (Fsp3) is 0.111. The van der Waals surface area contributed by atoms with Gasteiger partial charge >= 0.3 is 0 Å². The molecule has 0 atom stereocenters. The van der Waals surface area contributed by atoms with Gasteiger partial charge in [-0.05, 0) is 78.3 Å². The maximum absolute atomic E-state index is 2.56. The van der Waals surface area contributed by atoms with E-state index in [1.807, 2.05) is 11.3 Å². The number of rotatable bonds is 3. The molecule has 0 spiro atoms. The largest absolute Gasteiger partial charge is 0.313 e. The fourth-order valence-electron chi connectivity index (χ4n) is 6.44. The second kappa shape index (κ2) is 8.72. The number of benzene rings is 5. The number of hydrogen-bond donors (Lipinski definition) is 0. The number of hydrogen-bond acceptors (Lipinski definition) is 1. The van der Waals surface area contributed by atoms with Crippen molar-refractivity contribution in [2.45, 2.75) is 25.7 Å². The third-order valence-electron chi connectivity index (χ3n) is 8.21. The van der Waals surface area contributed by atoms with Crippen LogP contribution in [0.3, 0.4) is 0 Å². The highest BCUT2D eigenvalue weighted by molar-refractivity contribution is 7.25. The Balaban J connectivity index is 1.31. The molecule has 38 heavy (non-hydrogen) atoms.